The van der Waals surface area contributed by atoms with Gasteiger partial charge in [-0.25, -0.2) is 0 Å². The van der Waals surface area contributed by atoms with Crippen molar-refractivity contribution in [3.63, 3.8) is 0 Å². The third kappa shape index (κ3) is 4.86. The monoisotopic (exact) mass is 248 g/mol. The fraction of sp³-hybridized carbons (Fsp3) is 1.00. The van der Waals surface area contributed by atoms with Gasteiger partial charge in [0.2, 0.25) is 0 Å². The average Bonchev–Trinajstić information content (AvgIpc) is 1.98. The molecule has 0 aliphatic carbocycles. The molecule has 1 radical (unpaired) electrons. The number of halogens is 3. The maximum atomic E-state index is 11.9. The number of rotatable bonds is 3. The Morgan fingerprint density at radius 1 is 1.38 bits per heavy atom. The minimum atomic E-state index is -4.52. The number of hydrogen-bond donors (Lipinski definition) is 1. The van der Waals surface area contributed by atoms with E-state index >= 15 is 0 Å². The zero-order chi connectivity index (χ0) is 9.94. The maximum absolute atomic E-state index is 11.9. The molecule has 6 heteroatoms. The van der Waals surface area contributed by atoms with Gasteiger partial charge in [-0.05, 0) is 20.5 Å². The zero-order valence-electron chi connectivity index (χ0n) is 7.69. The number of likely N-dealkylation sites (N-methyl/N-ethyl adjacent to an activating group) is 1. The van der Waals surface area contributed by atoms with E-state index in [1.54, 1.807) is 14.0 Å². The summed E-state index contributed by atoms with van der Waals surface area (Å²) in [4.78, 5) is 1.44. The van der Waals surface area contributed by atoms with Gasteiger partial charge in [-0.15, -0.1) is 0 Å². The van der Waals surface area contributed by atoms with Crippen molar-refractivity contribution in [1.82, 2.24) is 4.90 Å². The summed E-state index contributed by atoms with van der Waals surface area (Å²) in [6.07, 6.45) is -6.79. The van der Waals surface area contributed by atoms with Crippen molar-refractivity contribution in [3.8, 4) is 0 Å². The van der Waals surface area contributed by atoms with Crippen LogP contribution < -0.4 is 0 Å². The van der Waals surface area contributed by atoms with Crippen LogP contribution in [0.15, 0.2) is 0 Å². The summed E-state index contributed by atoms with van der Waals surface area (Å²) in [5.41, 5.74) is 0. The Hall–Kier alpha value is 0.229. The Morgan fingerprint density at radius 2 is 1.77 bits per heavy atom. The molecule has 0 aromatic rings. The van der Waals surface area contributed by atoms with E-state index in [1.165, 1.54) is 11.8 Å². The van der Waals surface area contributed by atoms with Crippen LogP contribution >= 0.6 is 0 Å². The largest absolute Gasteiger partial charge is 0.415 e. The molecule has 85 valence electrons. The second-order valence-corrected chi connectivity index (χ2v) is 2.80. The molecule has 0 aliphatic rings. The van der Waals surface area contributed by atoms with Crippen molar-refractivity contribution in [1.29, 1.82) is 0 Å². The summed E-state index contributed by atoms with van der Waals surface area (Å²) in [6.45, 7) is 3.57. The molecule has 0 saturated carbocycles. The van der Waals surface area contributed by atoms with Crippen LogP contribution in [0.4, 0.5) is 13.2 Å². The van der Waals surface area contributed by atoms with Gasteiger partial charge in [-0.1, -0.05) is 6.92 Å². The fourth-order valence-corrected chi connectivity index (χ4v) is 0.803. The minimum Gasteiger partial charge on any atom is -0.382 e. The molecule has 2 unspecified atom stereocenters. The van der Waals surface area contributed by atoms with Gasteiger partial charge in [0, 0.05) is 23.1 Å². The molecule has 0 spiro atoms. The first-order valence-corrected chi connectivity index (χ1v) is 3.75. The smallest absolute Gasteiger partial charge is 0.382 e. The second-order valence-electron chi connectivity index (χ2n) is 2.80. The van der Waals surface area contributed by atoms with E-state index in [0.29, 0.717) is 6.54 Å². The maximum Gasteiger partial charge on any atom is 0.415 e. The second kappa shape index (κ2) is 5.85. The molecule has 0 saturated heterocycles. The number of hydrogen-bond acceptors (Lipinski definition) is 2. The molecule has 0 aliphatic heterocycles. The van der Waals surface area contributed by atoms with Crippen LogP contribution in [0.2, 0.25) is 0 Å². The van der Waals surface area contributed by atoms with Crippen LogP contribution in [-0.2, 0) is 17.1 Å². The number of nitrogens with zero attached hydrogens (tertiary/aromatic N) is 1. The van der Waals surface area contributed by atoms with Crippen LogP contribution in [-0.4, -0.2) is 41.9 Å². The number of aliphatic hydroxyl groups is 1. The van der Waals surface area contributed by atoms with Crippen LogP contribution in [0.25, 0.3) is 0 Å². The van der Waals surface area contributed by atoms with Crippen molar-refractivity contribution in [2.75, 3.05) is 13.6 Å². The predicted molar refractivity (Wildman–Crippen MR) is 39.8 cm³/mol. The molecular formula is C7H14CuF3NO. The van der Waals surface area contributed by atoms with Gasteiger partial charge in [0.05, 0.1) is 0 Å². The van der Waals surface area contributed by atoms with Gasteiger partial charge < -0.3 is 10.0 Å². The first-order chi connectivity index (χ1) is 5.30. The normalized spacial score (nSPS) is 16.6. The molecule has 2 atom stereocenters. The Bertz CT molecular complexity index is 142. The van der Waals surface area contributed by atoms with Gasteiger partial charge in [0.1, 0.15) is 0 Å². The number of alkyl halides is 3. The van der Waals surface area contributed by atoms with Crippen LogP contribution in [0, 0.1) is 0 Å². The van der Waals surface area contributed by atoms with Crippen molar-refractivity contribution in [3.05, 3.63) is 0 Å². The van der Waals surface area contributed by atoms with E-state index in [1.807, 2.05) is 0 Å². The van der Waals surface area contributed by atoms with E-state index in [4.69, 9.17) is 5.11 Å². The van der Waals surface area contributed by atoms with E-state index in [9.17, 15) is 13.2 Å². The van der Waals surface area contributed by atoms with Crippen molar-refractivity contribution >= 4 is 0 Å². The molecule has 0 fully saturated rings. The Labute approximate surface area is 86.6 Å². The topological polar surface area (TPSA) is 23.5 Å². The molecule has 0 bridgehead atoms. The van der Waals surface area contributed by atoms with Crippen LogP contribution in [0.5, 0.6) is 0 Å². The first-order valence-electron chi connectivity index (χ1n) is 3.75. The van der Waals surface area contributed by atoms with Crippen molar-refractivity contribution < 1.29 is 35.3 Å². The molecular weight excluding hydrogens is 235 g/mol. The Kier molecular flexibility index (Phi) is 7.07. The van der Waals surface area contributed by atoms with Crippen LogP contribution in [0.3, 0.4) is 0 Å². The average molecular weight is 249 g/mol. The quantitative estimate of drug-likeness (QED) is 0.760. The summed E-state index contributed by atoms with van der Waals surface area (Å²) in [5.74, 6) is 0. The molecule has 1 N–H and O–H groups in total. The summed E-state index contributed by atoms with van der Waals surface area (Å²) in [6, 6.07) is -0.894. The number of aliphatic hydroxyl groups excluding tert-OH is 1. The summed E-state index contributed by atoms with van der Waals surface area (Å²) in [7, 11) is 1.54. The van der Waals surface area contributed by atoms with Gasteiger partial charge in [0.25, 0.3) is 0 Å². The molecule has 0 rings (SSSR count). The van der Waals surface area contributed by atoms with Gasteiger partial charge in [-0.2, -0.15) is 13.2 Å². The Morgan fingerprint density at radius 3 is 2.00 bits per heavy atom. The zero-order valence-corrected chi connectivity index (χ0v) is 8.63. The van der Waals surface area contributed by atoms with E-state index in [0.717, 1.165) is 0 Å². The Balaban J connectivity index is 0. The van der Waals surface area contributed by atoms with Crippen molar-refractivity contribution in [2.24, 2.45) is 0 Å². The molecule has 0 amide bonds. The first kappa shape index (κ1) is 15.7. The summed E-state index contributed by atoms with van der Waals surface area (Å²) in [5, 5.41) is 8.79. The SMILES string of the molecule is CCN(C)C(C)C(O)C(F)(F)F.[Cu]. The summed E-state index contributed by atoms with van der Waals surface area (Å²) < 4.78 is 35.8. The van der Waals surface area contributed by atoms with E-state index < -0.39 is 18.3 Å². The third-order valence-corrected chi connectivity index (χ3v) is 1.99. The molecule has 0 aromatic heterocycles. The third-order valence-electron chi connectivity index (χ3n) is 1.99. The molecule has 13 heavy (non-hydrogen) atoms. The van der Waals surface area contributed by atoms with Gasteiger partial charge in [0.15, 0.2) is 6.10 Å². The fourth-order valence-electron chi connectivity index (χ4n) is 0.803. The predicted octanol–water partition coefficient (Wildman–Crippen LogP) is 1.25. The van der Waals surface area contributed by atoms with Crippen LogP contribution in [0.1, 0.15) is 13.8 Å². The minimum absolute atomic E-state index is 0. The molecule has 0 heterocycles. The summed E-state index contributed by atoms with van der Waals surface area (Å²) >= 11 is 0. The molecule has 0 aromatic carbocycles. The van der Waals surface area contributed by atoms with E-state index in [2.05, 4.69) is 0 Å². The van der Waals surface area contributed by atoms with E-state index in [-0.39, 0.29) is 17.1 Å². The standard InChI is InChI=1S/C7H14F3NO.Cu/c1-4-11(3)5(2)6(12)7(8,9)10;/h5-6,12H,4H2,1-3H3;. The van der Waals surface area contributed by atoms with Gasteiger partial charge in [-0.3, -0.25) is 0 Å². The molecule has 2 nitrogen and oxygen atoms in total. The van der Waals surface area contributed by atoms with Gasteiger partial charge >= 0.3 is 6.18 Å². The van der Waals surface area contributed by atoms with Crippen molar-refractivity contribution in [2.45, 2.75) is 32.2 Å².